The van der Waals surface area contributed by atoms with Crippen LogP contribution in [-0.4, -0.2) is 32.7 Å². The van der Waals surface area contributed by atoms with E-state index in [9.17, 15) is 0 Å². The van der Waals surface area contributed by atoms with Gasteiger partial charge >= 0.3 is 0 Å². The first-order valence-electron chi connectivity index (χ1n) is 7.76. The predicted molar refractivity (Wildman–Crippen MR) is 88.2 cm³/mol. The van der Waals surface area contributed by atoms with Gasteiger partial charge in [-0.3, -0.25) is 4.99 Å². The lowest BCUT2D eigenvalue weighted by atomic mass is 9.95. The minimum absolute atomic E-state index is 0.194. The molecule has 116 valence electrons. The molecule has 0 spiro atoms. The summed E-state index contributed by atoms with van der Waals surface area (Å²) in [5.74, 6) is 1.87. The zero-order valence-corrected chi connectivity index (χ0v) is 13.6. The molecular formula is C17H27N3O. The summed E-state index contributed by atoms with van der Waals surface area (Å²) in [4.78, 5) is 4.31. The summed E-state index contributed by atoms with van der Waals surface area (Å²) < 4.78 is 5.51. The van der Waals surface area contributed by atoms with Gasteiger partial charge in [-0.15, -0.1) is 0 Å². The van der Waals surface area contributed by atoms with Gasteiger partial charge in [0.2, 0.25) is 0 Å². The van der Waals surface area contributed by atoms with E-state index in [1.807, 2.05) is 19.2 Å². The molecule has 0 amide bonds. The molecule has 2 rings (SSSR count). The van der Waals surface area contributed by atoms with Crippen LogP contribution in [0.15, 0.2) is 29.3 Å². The zero-order chi connectivity index (χ0) is 15.3. The van der Waals surface area contributed by atoms with Crippen LogP contribution < -0.4 is 15.4 Å². The molecule has 4 nitrogen and oxygen atoms in total. The van der Waals surface area contributed by atoms with E-state index in [2.05, 4.69) is 41.6 Å². The van der Waals surface area contributed by atoms with Crippen molar-refractivity contribution in [2.45, 2.75) is 44.6 Å². The van der Waals surface area contributed by atoms with Crippen molar-refractivity contribution >= 4 is 5.96 Å². The second-order valence-corrected chi connectivity index (χ2v) is 5.86. The lowest BCUT2D eigenvalue weighted by molar-refractivity contribution is 0.403. The average molecular weight is 289 g/mol. The first-order valence-corrected chi connectivity index (χ1v) is 7.76. The van der Waals surface area contributed by atoms with E-state index in [1.165, 1.54) is 18.4 Å². The van der Waals surface area contributed by atoms with Crippen LogP contribution in [0.5, 0.6) is 5.75 Å². The smallest absolute Gasteiger partial charge is 0.191 e. The third-order valence-corrected chi connectivity index (χ3v) is 4.35. The third kappa shape index (κ3) is 3.69. The lowest BCUT2D eigenvalue weighted by Gasteiger charge is -2.22. The van der Waals surface area contributed by atoms with E-state index in [0.29, 0.717) is 6.04 Å². The summed E-state index contributed by atoms with van der Waals surface area (Å²) in [5.41, 5.74) is 1.50. The molecular weight excluding hydrogens is 262 g/mol. The van der Waals surface area contributed by atoms with Crippen molar-refractivity contribution in [3.63, 3.8) is 0 Å². The molecule has 0 aliphatic heterocycles. The minimum Gasteiger partial charge on any atom is -0.496 e. The van der Waals surface area contributed by atoms with Crippen molar-refractivity contribution in [1.82, 2.24) is 10.6 Å². The number of nitrogens with one attached hydrogen (secondary N) is 2. The summed E-state index contributed by atoms with van der Waals surface area (Å²) >= 11 is 0. The molecule has 1 atom stereocenters. The Bertz CT molecular complexity index is 495. The number of aliphatic imine (C=N–C) groups is 1. The number of hydrogen-bond donors (Lipinski definition) is 2. The Kier molecular flexibility index (Phi) is 5.10. The van der Waals surface area contributed by atoms with E-state index in [-0.39, 0.29) is 5.41 Å². The fourth-order valence-electron chi connectivity index (χ4n) is 2.56. The number of rotatable bonds is 6. The zero-order valence-electron chi connectivity index (χ0n) is 13.6. The fraction of sp³-hybridized carbons (Fsp3) is 0.588. The Balaban J connectivity index is 2.02. The van der Waals surface area contributed by atoms with Crippen LogP contribution in [0, 0.1) is 0 Å². The minimum atomic E-state index is 0.194. The highest BCUT2D eigenvalue weighted by atomic mass is 16.5. The number of para-hydroxylation sites is 1. The molecule has 1 aromatic carbocycles. The number of nitrogens with zero attached hydrogens (tertiary/aromatic N) is 1. The maximum Gasteiger partial charge on any atom is 0.191 e. The first-order chi connectivity index (χ1) is 10.1. The van der Waals surface area contributed by atoms with Crippen molar-refractivity contribution in [2.24, 2.45) is 4.99 Å². The highest BCUT2D eigenvalue weighted by Gasteiger charge is 2.46. The summed E-state index contributed by atoms with van der Waals surface area (Å²) in [6.45, 7) is 5.23. The molecule has 1 fully saturated rings. The van der Waals surface area contributed by atoms with Gasteiger partial charge in [-0.1, -0.05) is 25.1 Å². The second-order valence-electron chi connectivity index (χ2n) is 5.86. The van der Waals surface area contributed by atoms with Gasteiger partial charge in [0.1, 0.15) is 5.75 Å². The van der Waals surface area contributed by atoms with E-state index < -0.39 is 0 Å². The summed E-state index contributed by atoms with van der Waals surface area (Å²) in [6, 6.07) is 8.76. The van der Waals surface area contributed by atoms with Crippen molar-refractivity contribution in [3.05, 3.63) is 29.8 Å². The molecule has 21 heavy (non-hydrogen) atoms. The summed E-state index contributed by atoms with van der Waals surface area (Å²) in [5, 5.41) is 6.87. The fourth-order valence-corrected chi connectivity index (χ4v) is 2.56. The normalized spacial score (nSPS) is 18.0. The largest absolute Gasteiger partial charge is 0.496 e. The number of benzene rings is 1. The standard InChI is InChI=1S/C17H27N3O/c1-5-13(2)20-16(18-3)19-12-17(10-11-17)14-8-6-7-9-15(14)21-4/h6-9,13H,5,10-12H2,1-4H3,(H2,18,19,20). The highest BCUT2D eigenvalue weighted by molar-refractivity contribution is 5.80. The molecule has 2 N–H and O–H groups in total. The average Bonchev–Trinajstić information content (AvgIpc) is 3.32. The van der Waals surface area contributed by atoms with E-state index in [1.54, 1.807) is 7.11 Å². The van der Waals surface area contributed by atoms with E-state index >= 15 is 0 Å². The molecule has 1 aromatic rings. The second kappa shape index (κ2) is 6.83. The Morgan fingerprint density at radius 2 is 2.10 bits per heavy atom. The molecule has 0 saturated heterocycles. The van der Waals surface area contributed by atoms with Gasteiger partial charge in [-0.25, -0.2) is 0 Å². The van der Waals surface area contributed by atoms with Gasteiger partial charge in [-0.2, -0.15) is 0 Å². The van der Waals surface area contributed by atoms with Gasteiger partial charge in [0.25, 0.3) is 0 Å². The quantitative estimate of drug-likeness (QED) is 0.625. The molecule has 0 bridgehead atoms. The molecule has 1 saturated carbocycles. The van der Waals surface area contributed by atoms with Crippen molar-refractivity contribution in [2.75, 3.05) is 20.7 Å². The van der Waals surface area contributed by atoms with Crippen LogP contribution in [0.4, 0.5) is 0 Å². The Labute approximate surface area is 128 Å². The molecule has 1 aliphatic rings. The molecule has 4 heteroatoms. The van der Waals surface area contributed by atoms with Crippen molar-refractivity contribution in [3.8, 4) is 5.75 Å². The van der Waals surface area contributed by atoms with Gasteiger partial charge in [0, 0.05) is 30.6 Å². The van der Waals surface area contributed by atoms with Gasteiger partial charge in [-0.05, 0) is 32.3 Å². The predicted octanol–water partition coefficient (Wildman–Crippen LogP) is 2.69. The van der Waals surface area contributed by atoms with Gasteiger partial charge in [0.15, 0.2) is 5.96 Å². The monoisotopic (exact) mass is 289 g/mol. The Hall–Kier alpha value is -1.71. The summed E-state index contributed by atoms with van der Waals surface area (Å²) in [6.07, 6.45) is 3.47. The van der Waals surface area contributed by atoms with Crippen LogP contribution in [-0.2, 0) is 5.41 Å². The van der Waals surface area contributed by atoms with E-state index in [4.69, 9.17) is 4.74 Å². The van der Waals surface area contributed by atoms with Crippen molar-refractivity contribution < 1.29 is 4.74 Å². The Morgan fingerprint density at radius 1 is 1.38 bits per heavy atom. The van der Waals surface area contributed by atoms with Crippen LogP contribution >= 0.6 is 0 Å². The number of hydrogen-bond acceptors (Lipinski definition) is 2. The molecule has 0 heterocycles. The summed E-state index contributed by atoms with van der Waals surface area (Å²) in [7, 11) is 3.56. The van der Waals surface area contributed by atoms with Crippen LogP contribution in [0.1, 0.15) is 38.7 Å². The lowest BCUT2D eigenvalue weighted by Crippen LogP contribution is -2.44. The SMILES string of the molecule is CCC(C)NC(=NC)NCC1(c2ccccc2OC)CC1. The molecule has 0 aromatic heterocycles. The molecule has 1 aliphatic carbocycles. The maximum absolute atomic E-state index is 5.51. The topological polar surface area (TPSA) is 45.7 Å². The first kappa shape index (κ1) is 15.7. The van der Waals surface area contributed by atoms with Gasteiger partial charge < -0.3 is 15.4 Å². The number of methoxy groups -OCH3 is 1. The van der Waals surface area contributed by atoms with Crippen LogP contribution in [0.2, 0.25) is 0 Å². The number of guanidine groups is 1. The third-order valence-electron chi connectivity index (χ3n) is 4.35. The molecule has 1 unspecified atom stereocenters. The van der Waals surface area contributed by atoms with Crippen molar-refractivity contribution in [1.29, 1.82) is 0 Å². The highest BCUT2D eigenvalue weighted by Crippen LogP contribution is 2.50. The molecule has 0 radical (unpaired) electrons. The van der Waals surface area contributed by atoms with E-state index in [0.717, 1.165) is 24.7 Å². The van der Waals surface area contributed by atoms with Crippen LogP contribution in [0.25, 0.3) is 0 Å². The van der Waals surface area contributed by atoms with Crippen LogP contribution in [0.3, 0.4) is 0 Å². The Morgan fingerprint density at radius 3 is 2.67 bits per heavy atom. The maximum atomic E-state index is 5.51. The van der Waals surface area contributed by atoms with Gasteiger partial charge in [0.05, 0.1) is 7.11 Å². The number of ether oxygens (including phenoxy) is 1.